The van der Waals surface area contributed by atoms with E-state index in [2.05, 4.69) is 10.3 Å². The van der Waals surface area contributed by atoms with Crippen LogP contribution in [0.3, 0.4) is 0 Å². The second-order valence-electron chi connectivity index (χ2n) is 6.00. The maximum atomic E-state index is 12.5. The molecule has 1 fully saturated rings. The van der Waals surface area contributed by atoms with Crippen molar-refractivity contribution in [3.8, 4) is 11.6 Å². The summed E-state index contributed by atoms with van der Waals surface area (Å²) in [6.07, 6.45) is 2.11. The fourth-order valence-electron chi connectivity index (χ4n) is 2.69. The summed E-state index contributed by atoms with van der Waals surface area (Å²) in [5.41, 5.74) is 0.698. The Morgan fingerprint density at radius 3 is 2.70 bits per heavy atom. The van der Waals surface area contributed by atoms with E-state index in [4.69, 9.17) is 14.2 Å². The van der Waals surface area contributed by atoms with Gasteiger partial charge in [0.2, 0.25) is 5.88 Å². The minimum Gasteiger partial charge on any atom is -0.497 e. The third-order valence-electron chi connectivity index (χ3n) is 4.14. The fraction of sp³-hybridized carbons (Fsp3) is 0.316. The molecular formula is C19H20N2O6. The van der Waals surface area contributed by atoms with Crippen LogP contribution in [0.5, 0.6) is 11.6 Å². The van der Waals surface area contributed by atoms with Crippen LogP contribution in [0.1, 0.15) is 28.4 Å². The van der Waals surface area contributed by atoms with E-state index < -0.39 is 17.9 Å². The van der Waals surface area contributed by atoms with Crippen LogP contribution in [0.25, 0.3) is 0 Å². The molecular weight excluding hydrogens is 352 g/mol. The summed E-state index contributed by atoms with van der Waals surface area (Å²) in [5, 5.41) is 12.0. The van der Waals surface area contributed by atoms with Gasteiger partial charge in [0, 0.05) is 24.2 Å². The van der Waals surface area contributed by atoms with Gasteiger partial charge in [-0.1, -0.05) is 12.1 Å². The molecule has 8 heteroatoms. The van der Waals surface area contributed by atoms with Crippen LogP contribution in [-0.4, -0.2) is 48.4 Å². The Balaban J connectivity index is 1.72. The van der Waals surface area contributed by atoms with E-state index in [0.717, 1.165) is 6.42 Å². The van der Waals surface area contributed by atoms with Gasteiger partial charge in [0.25, 0.3) is 5.91 Å². The first-order valence-electron chi connectivity index (χ1n) is 8.45. The van der Waals surface area contributed by atoms with Crippen molar-refractivity contribution < 1.29 is 28.9 Å². The quantitative estimate of drug-likeness (QED) is 0.763. The predicted molar refractivity (Wildman–Crippen MR) is 94.9 cm³/mol. The van der Waals surface area contributed by atoms with Crippen LogP contribution < -0.4 is 14.8 Å². The lowest BCUT2D eigenvalue weighted by molar-refractivity contribution is -0.139. The zero-order chi connectivity index (χ0) is 19.2. The zero-order valence-corrected chi connectivity index (χ0v) is 14.8. The number of nitrogens with one attached hydrogen (secondary N) is 1. The van der Waals surface area contributed by atoms with Crippen LogP contribution in [0.2, 0.25) is 0 Å². The number of carbonyl (C=O) groups excluding carboxylic acids is 1. The first kappa shape index (κ1) is 18.7. The average Bonchev–Trinajstić information content (AvgIpc) is 3.19. The largest absolute Gasteiger partial charge is 0.497 e. The molecule has 2 aromatic rings. The van der Waals surface area contributed by atoms with E-state index in [-0.39, 0.29) is 11.7 Å². The van der Waals surface area contributed by atoms with E-state index in [1.54, 1.807) is 24.3 Å². The number of methoxy groups -OCH3 is 1. The molecule has 27 heavy (non-hydrogen) atoms. The van der Waals surface area contributed by atoms with E-state index in [9.17, 15) is 14.7 Å². The molecule has 1 aliphatic heterocycles. The summed E-state index contributed by atoms with van der Waals surface area (Å²) < 4.78 is 16.0. The summed E-state index contributed by atoms with van der Waals surface area (Å²) in [6, 6.07) is 8.27. The van der Waals surface area contributed by atoms with Crippen molar-refractivity contribution in [1.29, 1.82) is 0 Å². The highest BCUT2D eigenvalue weighted by molar-refractivity contribution is 5.97. The number of rotatable bonds is 7. The van der Waals surface area contributed by atoms with Gasteiger partial charge in [-0.15, -0.1) is 0 Å². The summed E-state index contributed by atoms with van der Waals surface area (Å²) in [4.78, 5) is 28.2. The SMILES string of the molecule is COc1ccc(C(NC(=O)c2ccnc(OC3CCOC3)c2)C(=O)O)cc1. The highest BCUT2D eigenvalue weighted by atomic mass is 16.5. The molecule has 1 saturated heterocycles. The molecule has 1 aromatic heterocycles. The van der Waals surface area contributed by atoms with Gasteiger partial charge in [-0.2, -0.15) is 0 Å². The zero-order valence-electron chi connectivity index (χ0n) is 14.8. The van der Waals surface area contributed by atoms with Crippen molar-refractivity contribution >= 4 is 11.9 Å². The number of hydrogen-bond acceptors (Lipinski definition) is 6. The Morgan fingerprint density at radius 1 is 1.30 bits per heavy atom. The summed E-state index contributed by atoms with van der Waals surface area (Å²) in [7, 11) is 1.52. The lowest BCUT2D eigenvalue weighted by Gasteiger charge is -2.16. The number of aliphatic carboxylic acids is 1. The normalized spacial score (nSPS) is 17.1. The fourth-order valence-corrected chi connectivity index (χ4v) is 2.69. The number of carbonyl (C=O) groups is 2. The van der Waals surface area contributed by atoms with Crippen molar-refractivity contribution in [2.75, 3.05) is 20.3 Å². The maximum Gasteiger partial charge on any atom is 0.330 e. The van der Waals surface area contributed by atoms with Crippen LogP contribution in [0, 0.1) is 0 Å². The Labute approximate surface area is 156 Å². The third kappa shape index (κ3) is 4.73. The van der Waals surface area contributed by atoms with Crippen LogP contribution in [-0.2, 0) is 9.53 Å². The number of nitrogens with zero attached hydrogens (tertiary/aromatic N) is 1. The third-order valence-corrected chi connectivity index (χ3v) is 4.14. The molecule has 142 valence electrons. The first-order valence-corrected chi connectivity index (χ1v) is 8.45. The number of ether oxygens (including phenoxy) is 3. The molecule has 0 aliphatic carbocycles. The van der Waals surface area contributed by atoms with Gasteiger partial charge in [-0.25, -0.2) is 9.78 Å². The van der Waals surface area contributed by atoms with Crippen molar-refractivity contribution in [1.82, 2.24) is 10.3 Å². The number of carboxylic acid groups (broad SMARTS) is 1. The number of benzene rings is 1. The van der Waals surface area contributed by atoms with Gasteiger partial charge in [0.1, 0.15) is 11.9 Å². The Morgan fingerprint density at radius 2 is 2.07 bits per heavy atom. The molecule has 3 rings (SSSR count). The van der Waals surface area contributed by atoms with Gasteiger partial charge >= 0.3 is 5.97 Å². The van der Waals surface area contributed by atoms with Crippen LogP contribution >= 0.6 is 0 Å². The van der Waals surface area contributed by atoms with E-state index >= 15 is 0 Å². The highest BCUT2D eigenvalue weighted by Gasteiger charge is 2.24. The molecule has 1 aliphatic rings. The summed E-state index contributed by atoms with van der Waals surface area (Å²) in [6.45, 7) is 1.11. The Kier molecular flexibility index (Phi) is 5.87. The topological polar surface area (TPSA) is 107 Å². The molecule has 0 spiro atoms. The van der Waals surface area contributed by atoms with E-state index in [0.29, 0.717) is 30.4 Å². The number of hydrogen-bond donors (Lipinski definition) is 2. The molecule has 2 heterocycles. The maximum absolute atomic E-state index is 12.5. The lowest BCUT2D eigenvalue weighted by Crippen LogP contribution is -2.33. The molecule has 1 amide bonds. The Bertz CT molecular complexity index is 802. The van der Waals surface area contributed by atoms with Gasteiger partial charge < -0.3 is 24.6 Å². The molecule has 1 aromatic carbocycles. The molecule has 0 saturated carbocycles. The van der Waals surface area contributed by atoms with Gasteiger partial charge in [0.15, 0.2) is 6.04 Å². The van der Waals surface area contributed by atoms with E-state index in [1.807, 2.05) is 0 Å². The smallest absolute Gasteiger partial charge is 0.330 e. The van der Waals surface area contributed by atoms with Crippen molar-refractivity contribution in [2.45, 2.75) is 18.6 Å². The molecule has 0 radical (unpaired) electrons. The predicted octanol–water partition coefficient (Wildman–Crippen LogP) is 1.81. The second kappa shape index (κ2) is 8.50. The number of amides is 1. The minimum absolute atomic E-state index is 0.0955. The van der Waals surface area contributed by atoms with Crippen molar-refractivity contribution in [3.63, 3.8) is 0 Å². The van der Waals surface area contributed by atoms with Gasteiger partial charge in [-0.05, 0) is 23.8 Å². The molecule has 2 atom stereocenters. The van der Waals surface area contributed by atoms with Crippen LogP contribution in [0.15, 0.2) is 42.6 Å². The first-order chi connectivity index (χ1) is 13.1. The number of aromatic nitrogens is 1. The average molecular weight is 372 g/mol. The molecule has 2 unspecified atom stereocenters. The second-order valence-corrected chi connectivity index (χ2v) is 6.00. The molecule has 8 nitrogen and oxygen atoms in total. The standard InChI is InChI=1S/C19H20N2O6/c1-25-14-4-2-12(3-5-14)17(19(23)24)21-18(22)13-6-8-20-16(10-13)27-15-7-9-26-11-15/h2-6,8,10,15,17H,7,9,11H2,1H3,(H,21,22)(H,23,24). The molecule has 0 bridgehead atoms. The van der Waals surface area contributed by atoms with Gasteiger partial charge in [0.05, 0.1) is 20.3 Å². The number of carboxylic acids is 1. The molecule has 2 N–H and O–H groups in total. The minimum atomic E-state index is -1.19. The Hall–Kier alpha value is -3.13. The summed E-state index contributed by atoms with van der Waals surface area (Å²) in [5.74, 6) is -0.800. The van der Waals surface area contributed by atoms with Crippen molar-refractivity contribution in [3.05, 3.63) is 53.7 Å². The van der Waals surface area contributed by atoms with Crippen LogP contribution in [0.4, 0.5) is 0 Å². The van der Waals surface area contributed by atoms with E-state index in [1.165, 1.54) is 25.4 Å². The van der Waals surface area contributed by atoms with Gasteiger partial charge in [-0.3, -0.25) is 4.79 Å². The van der Waals surface area contributed by atoms with Crippen molar-refractivity contribution in [2.24, 2.45) is 0 Å². The monoisotopic (exact) mass is 372 g/mol. The summed E-state index contributed by atoms with van der Waals surface area (Å²) >= 11 is 0. The number of pyridine rings is 1. The lowest BCUT2D eigenvalue weighted by atomic mass is 10.1. The highest BCUT2D eigenvalue weighted by Crippen LogP contribution is 2.20.